The maximum absolute atomic E-state index is 6.33. The van der Waals surface area contributed by atoms with Gasteiger partial charge in [0, 0.05) is 39.6 Å². The number of hydrogen-bond acceptors (Lipinski definition) is 5. The van der Waals surface area contributed by atoms with Gasteiger partial charge < -0.3 is 11.1 Å². The van der Waals surface area contributed by atoms with E-state index in [9.17, 15) is 0 Å². The topological polar surface area (TPSA) is 63.8 Å². The van der Waals surface area contributed by atoms with Gasteiger partial charge in [-0.3, -0.25) is 0 Å². The van der Waals surface area contributed by atoms with Gasteiger partial charge in [-0.25, -0.2) is 9.97 Å². The van der Waals surface area contributed by atoms with Gasteiger partial charge in [0.1, 0.15) is 6.33 Å². The number of benzene rings is 1. The van der Waals surface area contributed by atoms with Crippen LogP contribution in [0.4, 0.5) is 0 Å². The molecule has 0 amide bonds. The van der Waals surface area contributed by atoms with Crippen molar-refractivity contribution in [3.05, 3.63) is 75.0 Å². The molecule has 2 heterocycles. The maximum atomic E-state index is 6.33. The van der Waals surface area contributed by atoms with E-state index in [4.69, 9.17) is 28.9 Å². The molecule has 0 saturated heterocycles. The van der Waals surface area contributed by atoms with E-state index >= 15 is 0 Å². The quantitative estimate of drug-likeness (QED) is 0.476. The van der Waals surface area contributed by atoms with E-state index in [2.05, 4.69) is 40.9 Å². The first-order chi connectivity index (χ1) is 14.5. The lowest BCUT2D eigenvalue weighted by Gasteiger charge is -2.20. The Balaban J connectivity index is 1.50. The minimum Gasteiger partial charge on any atom is -0.380 e. The number of aromatic nitrogens is 2. The van der Waals surface area contributed by atoms with Crippen LogP contribution in [0.25, 0.3) is 16.3 Å². The van der Waals surface area contributed by atoms with Crippen molar-refractivity contribution in [3.63, 3.8) is 0 Å². The van der Waals surface area contributed by atoms with Crippen molar-refractivity contribution in [3.8, 4) is 10.6 Å². The molecular formula is C23H24Cl2N4S. The van der Waals surface area contributed by atoms with Crippen LogP contribution in [0.15, 0.2) is 43.2 Å². The van der Waals surface area contributed by atoms with E-state index in [0.717, 1.165) is 39.6 Å². The highest BCUT2D eigenvalue weighted by molar-refractivity contribution is 7.16. The highest BCUT2D eigenvalue weighted by atomic mass is 35.5. The fraction of sp³-hybridized carbons (Fsp3) is 0.304. The van der Waals surface area contributed by atoms with Crippen LogP contribution in [-0.2, 0) is 12.8 Å². The SMILES string of the molecule is C=C(N[C@H](CN)Cc1ccc(Cl)cc1Cl)c1ccc(-c2ncnc3c2[C@H](C)CC3)s1. The molecule has 3 aromatic rings. The Morgan fingerprint density at radius 1 is 1.30 bits per heavy atom. The summed E-state index contributed by atoms with van der Waals surface area (Å²) in [4.78, 5) is 11.3. The van der Waals surface area contributed by atoms with E-state index in [1.54, 1.807) is 23.7 Å². The Morgan fingerprint density at radius 3 is 2.90 bits per heavy atom. The molecule has 7 heteroatoms. The van der Waals surface area contributed by atoms with E-state index in [-0.39, 0.29) is 6.04 Å². The summed E-state index contributed by atoms with van der Waals surface area (Å²) in [5.41, 5.74) is 11.4. The maximum Gasteiger partial charge on any atom is 0.116 e. The average molecular weight is 459 g/mol. The van der Waals surface area contributed by atoms with Crippen LogP contribution in [0.1, 0.15) is 41.0 Å². The molecule has 0 radical (unpaired) electrons. The first kappa shape index (κ1) is 21.3. The molecule has 30 heavy (non-hydrogen) atoms. The largest absolute Gasteiger partial charge is 0.380 e. The Kier molecular flexibility index (Phi) is 6.44. The number of halogens is 2. The molecule has 1 aliphatic rings. The van der Waals surface area contributed by atoms with Gasteiger partial charge in [0.25, 0.3) is 0 Å². The molecule has 4 nitrogen and oxygen atoms in total. The number of thiophene rings is 1. The summed E-state index contributed by atoms with van der Waals surface area (Å²) in [7, 11) is 0. The van der Waals surface area contributed by atoms with Crippen LogP contribution >= 0.6 is 34.5 Å². The zero-order valence-corrected chi connectivity index (χ0v) is 19.1. The summed E-state index contributed by atoms with van der Waals surface area (Å²) in [6.45, 7) is 6.96. The molecule has 0 aliphatic heterocycles. The lowest BCUT2D eigenvalue weighted by atomic mass is 10.0. The zero-order valence-electron chi connectivity index (χ0n) is 16.8. The number of aryl methyl sites for hydroxylation is 1. The summed E-state index contributed by atoms with van der Waals surface area (Å²) in [5.74, 6) is 0.494. The molecule has 0 spiro atoms. The molecule has 3 N–H and O–H groups in total. The van der Waals surface area contributed by atoms with Crippen LogP contribution < -0.4 is 11.1 Å². The van der Waals surface area contributed by atoms with Crippen molar-refractivity contribution in [2.45, 2.75) is 38.1 Å². The summed E-state index contributed by atoms with van der Waals surface area (Å²) in [6, 6.07) is 9.77. The van der Waals surface area contributed by atoms with Crippen molar-refractivity contribution >= 4 is 40.2 Å². The Bertz CT molecular complexity index is 1080. The molecule has 1 aromatic carbocycles. The Labute approximate surface area is 191 Å². The molecule has 0 unspecified atom stereocenters. The van der Waals surface area contributed by atoms with Gasteiger partial charge in [-0.1, -0.05) is 42.8 Å². The van der Waals surface area contributed by atoms with Crippen LogP contribution in [0.5, 0.6) is 0 Å². The monoisotopic (exact) mass is 458 g/mol. The van der Waals surface area contributed by atoms with E-state index < -0.39 is 0 Å². The second-order valence-corrected chi connectivity index (χ2v) is 9.61. The highest BCUT2D eigenvalue weighted by Crippen LogP contribution is 2.40. The Hall–Kier alpha value is -1.92. The molecular weight excluding hydrogens is 435 g/mol. The molecule has 2 aromatic heterocycles. The standard InChI is InChI=1S/C23H24Cl2N4S/c1-13-3-6-19-22(13)23(28-12-27-19)21-8-7-20(30-21)14(2)29-17(11-26)9-15-4-5-16(24)10-18(15)25/h4-5,7-8,10,12-13,17,29H,2-3,6,9,11,26H2,1H3/t13-,17+/m1/s1. The third kappa shape index (κ3) is 4.40. The summed E-state index contributed by atoms with van der Waals surface area (Å²) >= 11 is 14.0. The number of nitrogens with one attached hydrogen (secondary N) is 1. The molecule has 0 fully saturated rings. The van der Waals surface area contributed by atoms with E-state index in [1.807, 2.05) is 12.1 Å². The van der Waals surface area contributed by atoms with Crippen LogP contribution in [0.3, 0.4) is 0 Å². The fourth-order valence-electron chi connectivity index (χ4n) is 3.93. The molecule has 0 saturated carbocycles. The van der Waals surface area contributed by atoms with Crippen molar-refractivity contribution in [1.82, 2.24) is 15.3 Å². The normalized spacial score (nSPS) is 16.3. The van der Waals surface area contributed by atoms with Gasteiger partial charge in [-0.2, -0.15) is 0 Å². The van der Waals surface area contributed by atoms with Crippen molar-refractivity contribution < 1.29 is 0 Å². The predicted octanol–water partition coefficient (Wildman–Crippen LogP) is 5.69. The van der Waals surface area contributed by atoms with Gasteiger partial charge in [0.05, 0.1) is 15.4 Å². The van der Waals surface area contributed by atoms with Crippen molar-refractivity contribution in [2.24, 2.45) is 5.73 Å². The minimum atomic E-state index is 0.0186. The third-order valence-electron chi connectivity index (χ3n) is 5.55. The number of fused-ring (bicyclic) bond motifs is 1. The lowest BCUT2D eigenvalue weighted by molar-refractivity contribution is 0.604. The van der Waals surface area contributed by atoms with Crippen molar-refractivity contribution in [2.75, 3.05) is 6.54 Å². The fourth-order valence-corrected chi connectivity index (χ4v) is 5.37. The Morgan fingerprint density at radius 2 is 2.13 bits per heavy atom. The number of rotatable bonds is 7. The second kappa shape index (κ2) is 9.06. The third-order valence-corrected chi connectivity index (χ3v) is 7.29. The molecule has 2 atom stereocenters. The molecule has 0 bridgehead atoms. The summed E-state index contributed by atoms with van der Waals surface area (Å²) in [5, 5.41) is 4.74. The van der Waals surface area contributed by atoms with Gasteiger partial charge in [-0.15, -0.1) is 11.3 Å². The minimum absolute atomic E-state index is 0.0186. The average Bonchev–Trinajstić information content (AvgIpc) is 3.37. The van der Waals surface area contributed by atoms with Gasteiger partial charge in [-0.05, 0) is 55.0 Å². The van der Waals surface area contributed by atoms with E-state index in [0.29, 0.717) is 28.9 Å². The number of nitrogens with two attached hydrogens (primary N) is 1. The number of hydrogen-bond donors (Lipinski definition) is 2. The van der Waals surface area contributed by atoms with Crippen molar-refractivity contribution in [1.29, 1.82) is 0 Å². The van der Waals surface area contributed by atoms with E-state index in [1.165, 1.54) is 11.3 Å². The molecule has 156 valence electrons. The summed E-state index contributed by atoms with van der Waals surface area (Å²) < 4.78 is 0. The highest BCUT2D eigenvalue weighted by Gasteiger charge is 2.25. The predicted molar refractivity (Wildman–Crippen MR) is 127 cm³/mol. The van der Waals surface area contributed by atoms with Crippen LogP contribution in [0, 0.1) is 0 Å². The van der Waals surface area contributed by atoms with Gasteiger partial charge in [0.15, 0.2) is 0 Å². The lowest BCUT2D eigenvalue weighted by Crippen LogP contribution is -2.36. The molecule has 4 rings (SSSR count). The first-order valence-electron chi connectivity index (χ1n) is 10.00. The smallest absolute Gasteiger partial charge is 0.116 e. The van der Waals surface area contributed by atoms with Crippen LogP contribution in [-0.4, -0.2) is 22.6 Å². The molecule has 1 aliphatic carbocycles. The van der Waals surface area contributed by atoms with Gasteiger partial charge in [0.2, 0.25) is 0 Å². The first-order valence-corrected chi connectivity index (χ1v) is 11.6. The van der Waals surface area contributed by atoms with Gasteiger partial charge >= 0.3 is 0 Å². The number of nitrogens with zero attached hydrogens (tertiary/aromatic N) is 2. The zero-order chi connectivity index (χ0) is 21.3. The van der Waals surface area contributed by atoms with Crippen LogP contribution in [0.2, 0.25) is 10.0 Å². The summed E-state index contributed by atoms with van der Waals surface area (Å²) in [6.07, 6.45) is 4.54. The second-order valence-electron chi connectivity index (χ2n) is 7.68.